The molecule has 2 heterocycles. The number of ether oxygens (including phenoxy) is 1. The van der Waals surface area contributed by atoms with Crippen molar-refractivity contribution in [2.45, 2.75) is 24.3 Å². The fraction of sp³-hybridized carbons (Fsp3) is 0.208. The van der Waals surface area contributed by atoms with E-state index in [1.165, 1.54) is 23.9 Å². The number of sulfonamides is 1. The van der Waals surface area contributed by atoms with Crippen molar-refractivity contribution >= 4 is 32.6 Å². The number of para-hydroxylation sites is 1. The molecule has 5 rings (SSSR count). The molecular formula is C24H23N5O4S. The van der Waals surface area contributed by atoms with Gasteiger partial charge < -0.3 is 10.5 Å². The second kappa shape index (κ2) is 8.45. The highest BCUT2D eigenvalue weighted by molar-refractivity contribution is 7.92. The smallest absolute Gasteiger partial charge is 0.267 e. The summed E-state index contributed by atoms with van der Waals surface area (Å²) >= 11 is 0. The first kappa shape index (κ1) is 21.9. The molecule has 0 bridgehead atoms. The van der Waals surface area contributed by atoms with Crippen molar-refractivity contribution in [2.75, 3.05) is 17.6 Å². The molecule has 0 unspecified atom stereocenters. The number of pyridine rings is 1. The summed E-state index contributed by atoms with van der Waals surface area (Å²) in [6.45, 7) is 0.551. The maximum Gasteiger partial charge on any atom is 0.267 e. The van der Waals surface area contributed by atoms with E-state index in [0.717, 1.165) is 12.8 Å². The third-order valence-corrected chi connectivity index (χ3v) is 7.16. The van der Waals surface area contributed by atoms with Crippen LogP contribution in [0.4, 0.5) is 11.6 Å². The lowest BCUT2D eigenvalue weighted by Crippen LogP contribution is -2.25. The van der Waals surface area contributed by atoms with Crippen molar-refractivity contribution < 1.29 is 13.2 Å². The predicted molar refractivity (Wildman–Crippen MR) is 130 cm³/mol. The molecule has 3 N–H and O–H groups in total. The number of hydrogen-bond acceptors (Lipinski definition) is 7. The summed E-state index contributed by atoms with van der Waals surface area (Å²) in [6.07, 6.45) is 3.67. The van der Waals surface area contributed by atoms with Gasteiger partial charge >= 0.3 is 0 Å². The van der Waals surface area contributed by atoms with Crippen molar-refractivity contribution in [2.24, 2.45) is 5.92 Å². The van der Waals surface area contributed by atoms with Gasteiger partial charge in [0.15, 0.2) is 0 Å². The molecule has 0 atom stereocenters. The molecule has 2 aromatic carbocycles. The molecule has 174 valence electrons. The molecule has 9 nitrogen and oxygen atoms in total. The molecule has 2 aromatic heterocycles. The number of benzene rings is 2. The van der Waals surface area contributed by atoms with Gasteiger partial charge in [0.1, 0.15) is 4.90 Å². The number of nitrogen functional groups attached to an aromatic ring is 1. The second-order valence-corrected chi connectivity index (χ2v) is 9.91. The number of hydrogen-bond donors (Lipinski definition) is 2. The number of rotatable bonds is 7. The normalized spacial score (nSPS) is 13.7. The maximum atomic E-state index is 13.1. The standard InChI is InChI=1S/C24H23N5O4S/c1-33-22-21(34(31,32)28-18-5-3-2-4-6-18)12-17(13-26-22)16-9-10-20-19(11-16)23(30)29(24(25)27-20)14-15-7-8-15/h2-6,9-13,15,28H,7-8,14H2,1H3,(H2,25,27). The predicted octanol–water partition coefficient (Wildman–Crippen LogP) is 3.26. The zero-order valence-corrected chi connectivity index (χ0v) is 19.2. The highest BCUT2D eigenvalue weighted by Crippen LogP contribution is 2.32. The van der Waals surface area contributed by atoms with Gasteiger partial charge in [0.05, 0.1) is 18.0 Å². The topological polar surface area (TPSA) is 129 Å². The van der Waals surface area contributed by atoms with Gasteiger partial charge in [-0.3, -0.25) is 14.1 Å². The summed E-state index contributed by atoms with van der Waals surface area (Å²) in [4.78, 5) is 21.6. The van der Waals surface area contributed by atoms with Crippen molar-refractivity contribution in [1.82, 2.24) is 14.5 Å². The highest BCUT2D eigenvalue weighted by atomic mass is 32.2. The monoisotopic (exact) mass is 477 g/mol. The van der Waals surface area contributed by atoms with Crippen molar-refractivity contribution in [3.05, 3.63) is 71.1 Å². The van der Waals surface area contributed by atoms with E-state index in [1.54, 1.807) is 48.5 Å². The molecule has 1 saturated carbocycles. The summed E-state index contributed by atoms with van der Waals surface area (Å²) < 4.78 is 35.5. The first-order valence-corrected chi connectivity index (χ1v) is 12.3. The van der Waals surface area contributed by atoms with Gasteiger partial charge in [-0.05, 0) is 54.7 Å². The third-order valence-electron chi connectivity index (χ3n) is 5.78. The van der Waals surface area contributed by atoms with Crippen molar-refractivity contribution in [3.8, 4) is 17.0 Å². The van der Waals surface area contributed by atoms with Crippen LogP contribution in [-0.2, 0) is 16.6 Å². The lowest BCUT2D eigenvalue weighted by Gasteiger charge is -2.13. The molecule has 0 radical (unpaired) electrons. The molecule has 1 aliphatic rings. The number of fused-ring (bicyclic) bond motifs is 1. The molecule has 0 aliphatic heterocycles. The lowest BCUT2D eigenvalue weighted by molar-refractivity contribution is 0.385. The average Bonchev–Trinajstić information content (AvgIpc) is 3.66. The minimum atomic E-state index is -3.99. The summed E-state index contributed by atoms with van der Waals surface area (Å²) in [5.74, 6) is 0.621. The Hall–Kier alpha value is -3.92. The molecule has 4 aromatic rings. The zero-order valence-electron chi connectivity index (χ0n) is 18.4. The fourth-order valence-corrected chi connectivity index (χ4v) is 5.01. The van der Waals surface area contributed by atoms with Crippen LogP contribution in [0.2, 0.25) is 0 Å². The average molecular weight is 478 g/mol. The Morgan fingerprint density at radius 3 is 2.59 bits per heavy atom. The Kier molecular flexibility index (Phi) is 5.45. The largest absolute Gasteiger partial charge is 0.480 e. The minimum Gasteiger partial charge on any atom is -0.480 e. The molecule has 0 spiro atoms. The lowest BCUT2D eigenvalue weighted by atomic mass is 10.1. The van der Waals surface area contributed by atoms with Gasteiger partial charge in [-0.25, -0.2) is 18.4 Å². The Bertz CT molecular complexity index is 1550. The van der Waals surface area contributed by atoms with Gasteiger partial charge in [0.25, 0.3) is 15.6 Å². The van der Waals surface area contributed by atoms with Gasteiger partial charge in [0, 0.05) is 24.0 Å². The van der Waals surface area contributed by atoms with Crippen LogP contribution in [0, 0.1) is 5.92 Å². The van der Waals surface area contributed by atoms with Crippen molar-refractivity contribution in [3.63, 3.8) is 0 Å². The number of aromatic nitrogens is 3. The quantitative estimate of drug-likeness (QED) is 0.418. The number of anilines is 2. The fourth-order valence-electron chi connectivity index (χ4n) is 3.80. The Morgan fingerprint density at radius 1 is 1.12 bits per heavy atom. The number of nitrogens with zero attached hydrogens (tertiary/aromatic N) is 3. The number of nitrogens with one attached hydrogen (secondary N) is 1. The van der Waals surface area contributed by atoms with E-state index in [0.29, 0.717) is 40.2 Å². The highest BCUT2D eigenvalue weighted by Gasteiger charge is 2.25. The van der Waals surface area contributed by atoms with Crippen LogP contribution in [0.1, 0.15) is 12.8 Å². The third kappa shape index (κ3) is 4.19. The summed E-state index contributed by atoms with van der Waals surface area (Å²) in [6, 6.07) is 15.2. The summed E-state index contributed by atoms with van der Waals surface area (Å²) in [7, 11) is -2.63. The molecule has 10 heteroatoms. The van der Waals surface area contributed by atoms with Gasteiger partial charge in [-0.2, -0.15) is 0 Å². The maximum absolute atomic E-state index is 13.1. The Morgan fingerprint density at radius 2 is 1.88 bits per heavy atom. The van der Waals surface area contributed by atoms with Gasteiger partial charge in [-0.1, -0.05) is 24.3 Å². The SMILES string of the molecule is COc1ncc(-c2ccc3nc(N)n(CC4CC4)c(=O)c3c2)cc1S(=O)(=O)Nc1ccccc1. The van der Waals surface area contributed by atoms with E-state index in [-0.39, 0.29) is 22.3 Å². The molecular weight excluding hydrogens is 454 g/mol. The van der Waals surface area contributed by atoms with Crippen LogP contribution in [0.15, 0.2) is 70.5 Å². The summed E-state index contributed by atoms with van der Waals surface area (Å²) in [5, 5.41) is 0.412. The Balaban J connectivity index is 1.58. The van der Waals surface area contributed by atoms with Gasteiger partial charge in [-0.15, -0.1) is 0 Å². The van der Waals surface area contributed by atoms with E-state index in [4.69, 9.17) is 10.5 Å². The second-order valence-electron chi connectivity index (χ2n) is 8.26. The van der Waals surface area contributed by atoms with Crippen LogP contribution < -0.4 is 20.8 Å². The first-order chi connectivity index (χ1) is 16.4. The Labute approximate surface area is 196 Å². The molecule has 1 aliphatic carbocycles. The molecule has 34 heavy (non-hydrogen) atoms. The van der Waals surface area contributed by atoms with Crippen LogP contribution in [0.3, 0.4) is 0 Å². The number of methoxy groups -OCH3 is 1. The van der Waals surface area contributed by atoms with Crippen LogP contribution in [0.25, 0.3) is 22.0 Å². The minimum absolute atomic E-state index is 0.0331. The van der Waals surface area contributed by atoms with E-state index < -0.39 is 10.0 Å². The van der Waals surface area contributed by atoms with E-state index >= 15 is 0 Å². The van der Waals surface area contributed by atoms with E-state index in [1.807, 2.05) is 0 Å². The summed E-state index contributed by atoms with van der Waals surface area (Å²) in [5.41, 5.74) is 7.86. The first-order valence-electron chi connectivity index (χ1n) is 10.8. The molecule has 0 saturated heterocycles. The van der Waals surface area contributed by atoms with Crippen LogP contribution in [-0.4, -0.2) is 30.1 Å². The van der Waals surface area contributed by atoms with E-state index in [9.17, 15) is 13.2 Å². The number of nitrogens with two attached hydrogens (primary N) is 1. The van der Waals surface area contributed by atoms with Crippen molar-refractivity contribution in [1.29, 1.82) is 0 Å². The van der Waals surface area contributed by atoms with E-state index in [2.05, 4.69) is 14.7 Å². The van der Waals surface area contributed by atoms with Gasteiger partial charge in [0.2, 0.25) is 11.8 Å². The zero-order chi connectivity index (χ0) is 23.9. The molecule has 0 amide bonds. The van der Waals surface area contributed by atoms with Crippen LogP contribution >= 0.6 is 0 Å². The molecule has 1 fully saturated rings. The van der Waals surface area contributed by atoms with Crippen LogP contribution in [0.5, 0.6) is 5.88 Å².